The van der Waals surface area contributed by atoms with Gasteiger partial charge in [0, 0.05) is 12.3 Å². The van der Waals surface area contributed by atoms with Crippen LogP contribution in [0.3, 0.4) is 0 Å². The highest BCUT2D eigenvalue weighted by atomic mass is 16.5. The molecule has 1 rings (SSSR count). The van der Waals surface area contributed by atoms with Crippen LogP contribution >= 0.6 is 0 Å². The van der Waals surface area contributed by atoms with E-state index in [1.54, 1.807) is 6.92 Å². The van der Waals surface area contributed by atoms with Crippen LogP contribution in [0.15, 0.2) is 23.1 Å². The summed E-state index contributed by atoms with van der Waals surface area (Å²) in [7, 11) is 0. The molecular weight excluding hydrogens is 212 g/mol. The number of anilines is 1. The Hall–Kier alpha value is -2.11. The summed E-state index contributed by atoms with van der Waals surface area (Å²) in [6, 6.07) is 2.73. The van der Waals surface area contributed by atoms with Crippen molar-refractivity contribution >= 4 is 18.1 Å². The smallest absolute Gasteiger partial charge is 0.326 e. The third-order valence-electron chi connectivity index (χ3n) is 1.81. The predicted octanol–water partition coefficient (Wildman–Crippen LogP) is -0.0203. The lowest BCUT2D eigenvalue weighted by Crippen LogP contribution is -2.24. The summed E-state index contributed by atoms with van der Waals surface area (Å²) in [6.07, 6.45) is 1.88. The van der Waals surface area contributed by atoms with Crippen molar-refractivity contribution in [1.29, 1.82) is 0 Å². The van der Waals surface area contributed by atoms with Crippen molar-refractivity contribution < 1.29 is 14.3 Å². The van der Waals surface area contributed by atoms with Gasteiger partial charge in [-0.2, -0.15) is 0 Å². The Morgan fingerprint density at radius 1 is 1.56 bits per heavy atom. The van der Waals surface area contributed by atoms with Crippen LogP contribution in [0.2, 0.25) is 0 Å². The molecule has 1 aromatic rings. The van der Waals surface area contributed by atoms with Gasteiger partial charge >= 0.3 is 5.97 Å². The number of pyridine rings is 1. The number of amides is 1. The summed E-state index contributed by atoms with van der Waals surface area (Å²) < 4.78 is 5.88. The molecule has 0 saturated carbocycles. The zero-order valence-electron chi connectivity index (χ0n) is 8.80. The predicted molar refractivity (Wildman–Crippen MR) is 57.0 cm³/mol. The van der Waals surface area contributed by atoms with Gasteiger partial charge in [0.25, 0.3) is 5.56 Å². The molecule has 0 fully saturated rings. The molecule has 0 bridgehead atoms. The molecule has 0 spiro atoms. The van der Waals surface area contributed by atoms with Crippen molar-refractivity contribution in [2.75, 3.05) is 11.9 Å². The lowest BCUT2D eigenvalue weighted by Gasteiger charge is -2.06. The first-order chi connectivity index (χ1) is 7.67. The second kappa shape index (κ2) is 5.69. The summed E-state index contributed by atoms with van der Waals surface area (Å²) in [6.45, 7) is 1.78. The van der Waals surface area contributed by atoms with Crippen LogP contribution in [0.5, 0.6) is 0 Å². The largest absolute Gasteiger partial charge is 0.465 e. The van der Waals surface area contributed by atoms with Gasteiger partial charge in [0.2, 0.25) is 6.41 Å². The van der Waals surface area contributed by atoms with Gasteiger partial charge in [-0.1, -0.05) is 0 Å². The lowest BCUT2D eigenvalue weighted by molar-refractivity contribution is -0.143. The molecule has 0 aliphatic carbocycles. The Labute approximate surface area is 91.8 Å². The highest BCUT2D eigenvalue weighted by molar-refractivity contribution is 5.71. The van der Waals surface area contributed by atoms with E-state index in [2.05, 4.69) is 5.32 Å². The van der Waals surface area contributed by atoms with Crippen LogP contribution in [0, 0.1) is 0 Å². The molecule has 86 valence electrons. The Morgan fingerprint density at radius 2 is 2.31 bits per heavy atom. The van der Waals surface area contributed by atoms with E-state index in [9.17, 15) is 14.4 Å². The van der Waals surface area contributed by atoms with Crippen LogP contribution in [-0.2, 0) is 20.9 Å². The van der Waals surface area contributed by atoms with E-state index in [1.165, 1.54) is 22.9 Å². The fourth-order valence-electron chi connectivity index (χ4n) is 1.15. The summed E-state index contributed by atoms with van der Waals surface area (Å²) in [4.78, 5) is 32.7. The van der Waals surface area contributed by atoms with Gasteiger partial charge < -0.3 is 14.6 Å². The highest BCUT2D eigenvalue weighted by Gasteiger charge is 2.05. The topological polar surface area (TPSA) is 77.4 Å². The van der Waals surface area contributed by atoms with Crippen molar-refractivity contribution in [1.82, 2.24) is 4.57 Å². The number of esters is 1. The van der Waals surface area contributed by atoms with Crippen LogP contribution in [0.25, 0.3) is 0 Å². The van der Waals surface area contributed by atoms with Gasteiger partial charge in [-0.25, -0.2) is 0 Å². The summed E-state index contributed by atoms with van der Waals surface area (Å²) >= 11 is 0. The van der Waals surface area contributed by atoms with Crippen LogP contribution in [-0.4, -0.2) is 23.6 Å². The number of ether oxygens (including phenoxy) is 1. The minimum Gasteiger partial charge on any atom is -0.465 e. The Kier molecular flexibility index (Phi) is 4.26. The molecule has 1 N–H and O–H groups in total. The number of rotatable bonds is 5. The zero-order valence-corrected chi connectivity index (χ0v) is 8.80. The van der Waals surface area contributed by atoms with E-state index in [-0.39, 0.29) is 18.7 Å². The molecule has 6 heteroatoms. The Morgan fingerprint density at radius 3 is 2.94 bits per heavy atom. The van der Waals surface area contributed by atoms with Gasteiger partial charge in [-0.05, 0) is 13.0 Å². The zero-order chi connectivity index (χ0) is 12.0. The molecule has 1 aromatic heterocycles. The van der Waals surface area contributed by atoms with E-state index in [4.69, 9.17) is 4.74 Å². The SMILES string of the molecule is CCOC(=O)Cn1cc(NC=O)ccc1=O. The second-order valence-electron chi connectivity index (χ2n) is 2.95. The van der Waals surface area contributed by atoms with Crippen molar-refractivity contribution in [3.63, 3.8) is 0 Å². The second-order valence-corrected chi connectivity index (χ2v) is 2.95. The first-order valence-electron chi connectivity index (χ1n) is 4.73. The highest BCUT2D eigenvalue weighted by Crippen LogP contribution is 2.01. The summed E-state index contributed by atoms with van der Waals surface area (Å²) in [5, 5.41) is 2.39. The lowest BCUT2D eigenvalue weighted by atomic mass is 10.4. The van der Waals surface area contributed by atoms with Gasteiger partial charge in [0.05, 0.1) is 12.3 Å². The molecule has 0 radical (unpaired) electrons. The third kappa shape index (κ3) is 3.23. The summed E-state index contributed by atoms with van der Waals surface area (Å²) in [5.41, 5.74) is 0.114. The van der Waals surface area contributed by atoms with E-state index >= 15 is 0 Å². The Bertz CT molecular complexity index is 439. The van der Waals surface area contributed by atoms with Crippen molar-refractivity contribution in [3.05, 3.63) is 28.7 Å². The average Bonchev–Trinajstić information content (AvgIpc) is 2.24. The first-order valence-corrected chi connectivity index (χ1v) is 4.73. The summed E-state index contributed by atoms with van der Waals surface area (Å²) in [5.74, 6) is -0.493. The standard InChI is InChI=1S/C10H12N2O4/c1-2-16-10(15)6-12-5-8(11-7-13)3-4-9(12)14/h3-5,7H,2,6H2,1H3,(H,11,13). The number of hydrogen-bond donors (Lipinski definition) is 1. The van der Waals surface area contributed by atoms with E-state index in [0.29, 0.717) is 12.1 Å². The molecule has 0 saturated heterocycles. The molecule has 1 amide bonds. The first kappa shape index (κ1) is 12.0. The average molecular weight is 224 g/mol. The third-order valence-corrected chi connectivity index (χ3v) is 1.81. The number of hydrogen-bond acceptors (Lipinski definition) is 4. The molecule has 0 aromatic carbocycles. The molecule has 16 heavy (non-hydrogen) atoms. The minimum absolute atomic E-state index is 0.166. The van der Waals surface area contributed by atoms with Crippen LogP contribution in [0.1, 0.15) is 6.92 Å². The van der Waals surface area contributed by atoms with Crippen LogP contribution < -0.4 is 10.9 Å². The minimum atomic E-state index is -0.493. The number of carbonyl (C=O) groups excluding carboxylic acids is 2. The van der Waals surface area contributed by atoms with Gasteiger partial charge in [-0.3, -0.25) is 14.4 Å². The number of aromatic nitrogens is 1. The molecule has 6 nitrogen and oxygen atoms in total. The maximum atomic E-state index is 11.4. The molecular formula is C10H12N2O4. The quantitative estimate of drug-likeness (QED) is 0.563. The number of nitrogens with zero attached hydrogens (tertiary/aromatic N) is 1. The molecule has 0 aliphatic heterocycles. The van der Waals surface area contributed by atoms with E-state index < -0.39 is 5.97 Å². The monoisotopic (exact) mass is 224 g/mol. The van der Waals surface area contributed by atoms with E-state index in [0.717, 1.165) is 0 Å². The molecule has 1 heterocycles. The van der Waals surface area contributed by atoms with Crippen molar-refractivity contribution in [2.24, 2.45) is 0 Å². The van der Waals surface area contributed by atoms with E-state index in [1.807, 2.05) is 0 Å². The Balaban J connectivity index is 2.85. The van der Waals surface area contributed by atoms with Gasteiger partial charge in [0.15, 0.2) is 0 Å². The fourth-order valence-corrected chi connectivity index (χ4v) is 1.15. The maximum absolute atomic E-state index is 11.4. The number of carbonyl (C=O) groups is 2. The normalized spacial score (nSPS) is 9.56. The maximum Gasteiger partial charge on any atom is 0.326 e. The molecule has 0 unspecified atom stereocenters. The van der Waals surface area contributed by atoms with Crippen molar-refractivity contribution in [3.8, 4) is 0 Å². The van der Waals surface area contributed by atoms with Gasteiger partial charge in [0.1, 0.15) is 6.54 Å². The number of nitrogens with one attached hydrogen (secondary N) is 1. The fraction of sp³-hybridized carbons (Fsp3) is 0.300. The van der Waals surface area contributed by atoms with Crippen molar-refractivity contribution in [2.45, 2.75) is 13.5 Å². The van der Waals surface area contributed by atoms with Gasteiger partial charge in [-0.15, -0.1) is 0 Å². The van der Waals surface area contributed by atoms with Crippen LogP contribution in [0.4, 0.5) is 5.69 Å². The molecule has 0 aliphatic rings. The molecule has 0 atom stereocenters.